The van der Waals surface area contributed by atoms with Gasteiger partial charge in [-0.2, -0.15) is 0 Å². The average Bonchev–Trinajstić information content (AvgIpc) is 2.93. The molecule has 0 radical (unpaired) electrons. The fraction of sp³-hybridized carbons (Fsp3) is 0.286. The van der Waals surface area contributed by atoms with Crippen molar-refractivity contribution in [3.05, 3.63) is 41.7 Å². The van der Waals surface area contributed by atoms with Gasteiger partial charge in [-0.15, -0.1) is 0 Å². The van der Waals surface area contributed by atoms with Crippen LogP contribution >= 0.6 is 11.6 Å². The summed E-state index contributed by atoms with van der Waals surface area (Å²) in [4.78, 5) is 10.7. The molecule has 1 saturated heterocycles. The lowest BCUT2D eigenvalue weighted by atomic mass is 10.3. The van der Waals surface area contributed by atoms with Crippen molar-refractivity contribution in [2.45, 2.75) is 12.8 Å². The molecule has 3 rings (SSSR count). The molecule has 2 heterocycles. The third-order valence-corrected chi connectivity index (χ3v) is 3.31. The van der Waals surface area contributed by atoms with Crippen LogP contribution in [0.25, 0.3) is 0 Å². The first-order chi connectivity index (χ1) is 9.31. The molecule has 0 bridgehead atoms. The number of ether oxygens (including phenoxy) is 1. The second-order valence-corrected chi connectivity index (χ2v) is 4.90. The Morgan fingerprint density at radius 2 is 1.95 bits per heavy atom. The fourth-order valence-corrected chi connectivity index (χ4v) is 2.34. The maximum absolute atomic E-state index is 5.92. The lowest BCUT2D eigenvalue weighted by Gasteiger charge is -2.16. The molecule has 0 spiro atoms. The first-order valence-corrected chi connectivity index (χ1v) is 6.69. The van der Waals surface area contributed by atoms with Gasteiger partial charge in [0.1, 0.15) is 17.9 Å². The minimum Gasteiger partial charge on any atom is -0.439 e. The highest BCUT2D eigenvalue weighted by Gasteiger charge is 2.14. The van der Waals surface area contributed by atoms with Crippen molar-refractivity contribution in [1.29, 1.82) is 0 Å². The zero-order valence-electron chi connectivity index (χ0n) is 10.4. The summed E-state index contributed by atoms with van der Waals surface area (Å²) in [5, 5.41) is 0.645. The Labute approximate surface area is 117 Å². The van der Waals surface area contributed by atoms with Crippen molar-refractivity contribution in [3.63, 3.8) is 0 Å². The highest BCUT2D eigenvalue weighted by molar-refractivity contribution is 6.30. The van der Waals surface area contributed by atoms with Crippen molar-refractivity contribution < 1.29 is 4.74 Å². The van der Waals surface area contributed by atoms with Crippen molar-refractivity contribution in [2.24, 2.45) is 0 Å². The van der Waals surface area contributed by atoms with E-state index in [1.54, 1.807) is 6.07 Å². The molecule has 1 fully saturated rings. The molecule has 0 atom stereocenters. The van der Waals surface area contributed by atoms with Crippen LogP contribution in [0.3, 0.4) is 0 Å². The summed E-state index contributed by atoms with van der Waals surface area (Å²) < 4.78 is 5.70. The summed E-state index contributed by atoms with van der Waals surface area (Å²) in [6.45, 7) is 2.10. The molecule has 19 heavy (non-hydrogen) atoms. The maximum atomic E-state index is 5.92. The van der Waals surface area contributed by atoms with E-state index >= 15 is 0 Å². The number of hydrogen-bond acceptors (Lipinski definition) is 4. The van der Waals surface area contributed by atoms with Gasteiger partial charge in [-0.05, 0) is 31.0 Å². The number of halogens is 1. The maximum Gasteiger partial charge on any atom is 0.224 e. The molecular formula is C14H14ClN3O. The molecule has 2 aromatic rings. The Kier molecular flexibility index (Phi) is 3.51. The van der Waals surface area contributed by atoms with Crippen LogP contribution in [0.1, 0.15) is 12.8 Å². The zero-order valence-corrected chi connectivity index (χ0v) is 11.2. The van der Waals surface area contributed by atoms with E-state index in [9.17, 15) is 0 Å². The Hall–Kier alpha value is -1.81. The van der Waals surface area contributed by atoms with Gasteiger partial charge in [-0.3, -0.25) is 0 Å². The van der Waals surface area contributed by atoms with Gasteiger partial charge >= 0.3 is 0 Å². The number of hydrogen-bond donors (Lipinski definition) is 0. The molecule has 4 nitrogen and oxygen atoms in total. The molecular weight excluding hydrogens is 262 g/mol. The van der Waals surface area contributed by atoms with E-state index in [1.807, 2.05) is 24.3 Å². The van der Waals surface area contributed by atoms with E-state index in [0.717, 1.165) is 18.9 Å². The number of benzene rings is 1. The van der Waals surface area contributed by atoms with Gasteiger partial charge in [-0.25, -0.2) is 9.97 Å². The van der Waals surface area contributed by atoms with Crippen LogP contribution in [0.2, 0.25) is 5.02 Å². The topological polar surface area (TPSA) is 38.2 Å². The third-order valence-electron chi connectivity index (χ3n) is 3.08. The number of anilines is 1. The predicted octanol–water partition coefficient (Wildman–Crippen LogP) is 3.52. The molecule has 0 N–H and O–H groups in total. The highest BCUT2D eigenvalue weighted by Crippen LogP contribution is 2.25. The Bertz CT molecular complexity index is 570. The molecule has 1 aliphatic rings. The minimum atomic E-state index is 0.541. The summed E-state index contributed by atoms with van der Waals surface area (Å²) in [6, 6.07) is 9.14. The molecule has 1 aliphatic heterocycles. The Morgan fingerprint density at radius 3 is 2.74 bits per heavy atom. The van der Waals surface area contributed by atoms with E-state index < -0.39 is 0 Å². The Balaban J connectivity index is 1.79. The van der Waals surface area contributed by atoms with Crippen LogP contribution in [0, 0.1) is 0 Å². The largest absolute Gasteiger partial charge is 0.439 e. The molecule has 1 aromatic heterocycles. The smallest absolute Gasteiger partial charge is 0.224 e. The lowest BCUT2D eigenvalue weighted by molar-refractivity contribution is 0.461. The van der Waals surface area contributed by atoms with Crippen LogP contribution in [0.5, 0.6) is 11.6 Å². The predicted molar refractivity (Wildman–Crippen MR) is 75.0 cm³/mol. The van der Waals surface area contributed by atoms with Crippen LogP contribution in [-0.4, -0.2) is 23.1 Å². The van der Waals surface area contributed by atoms with Crippen LogP contribution in [0.4, 0.5) is 5.82 Å². The van der Waals surface area contributed by atoms with Crippen LogP contribution in [0.15, 0.2) is 36.7 Å². The standard InChI is InChI=1S/C14H14ClN3O/c15-11-4-3-5-12(8-11)19-14-9-13(16-10-17-14)18-6-1-2-7-18/h3-5,8-10H,1-2,6-7H2. The van der Waals surface area contributed by atoms with Gasteiger partial charge in [0.2, 0.25) is 5.88 Å². The van der Waals surface area contributed by atoms with Crippen molar-refractivity contribution >= 4 is 17.4 Å². The summed E-state index contributed by atoms with van der Waals surface area (Å²) in [5.74, 6) is 2.14. The van der Waals surface area contributed by atoms with E-state index in [4.69, 9.17) is 16.3 Å². The second kappa shape index (κ2) is 5.45. The molecule has 0 unspecified atom stereocenters. The van der Waals surface area contributed by atoms with Crippen LogP contribution in [-0.2, 0) is 0 Å². The van der Waals surface area contributed by atoms with Crippen LogP contribution < -0.4 is 9.64 Å². The first-order valence-electron chi connectivity index (χ1n) is 6.32. The summed E-state index contributed by atoms with van der Waals surface area (Å²) in [5.41, 5.74) is 0. The monoisotopic (exact) mass is 275 g/mol. The quantitative estimate of drug-likeness (QED) is 0.859. The summed E-state index contributed by atoms with van der Waals surface area (Å²) in [7, 11) is 0. The lowest BCUT2D eigenvalue weighted by Crippen LogP contribution is -2.18. The average molecular weight is 276 g/mol. The summed E-state index contributed by atoms with van der Waals surface area (Å²) in [6.07, 6.45) is 3.97. The van der Waals surface area contributed by atoms with Gasteiger partial charge in [0.15, 0.2) is 0 Å². The van der Waals surface area contributed by atoms with Gasteiger partial charge in [0.05, 0.1) is 0 Å². The van der Waals surface area contributed by atoms with Gasteiger partial charge in [0, 0.05) is 24.2 Å². The minimum absolute atomic E-state index is 0.541. The highest BCUT2D eigenvalue weighted by atomic mass is 35.5. The normalized spacial score (nSPS) is 14.7. The first kappa shape index (κ1) is 12.2. The Morgan fingerprint density at radius 1 is 1.11 bits per heavy atom. The van der Waals surface area contributed by atoms with Crippen molar-refractivity contribution in [2.75, 3.05) is 18.0 Å². The van der Waals surface area contributed by atoms with Crippen molar-refractivity contribution in [1.82, 2.24) is 9.97 Å². The number of aromatic nitrogens is 2. The molecule has 0 aliphatic carbocycles. The summed E-state index contributed by atoms with van der Waals surface area (Å²) >= 11 is 5.92. The zero-order chi connectivity index (χ0) is 13.1. The second-order valence-electron chi connectivity index (χ2n) is 4.47. The number of rotatable bonds is 3. The SMILES string of the molecule is Clc1cccc(Oc2cc(N3CCCC3)ncn2)c1. The van der Waals surface area contributed by atoms with E-state index in [0.29, 0.717) is 16.7 Å². The van der Waals surface area contributed by atoms with Crippen molar-refractivity contribution in [3.8, 4) is 11.6 Å². The fourth-order valence-electron chi connectivity index (χ4n) is 2.16. The third kappa shape index (κ3) is 2.96. The number of nitrogens with zero attached hydrogens (tertiary/aromatic N) is 3. The van der Waals surface area contributed by atoms with E-state index in [1.165, 1.54) is 19.2 Å². The molecule has 1 aromatic carbocycles. The molecule has 0 saturated carbocycles. The van der Waals surface area contributed by atoms with Gasteiger partial charge in [-0.1, -0.05) is 17.7 Å². The molecule has 0 amide bonds. The van der Waals surface area contributed by atoms with Gasteiger partial charge in [0.25, 0.3) is 0 Å². The molecule has 98 valence electrons. The van der Waals surface area contributed by atoms with E-state index in [-0.39, 0.29) is 0 Å². The molecule has 5 heteroatoms. The van der Waals surface area contributed by atoms with E-state index in [2.05, 4.69) is 14.9 Å². The van der Waals surface area contributed by atoms with Gasteiger partial charge < -0.3 is 9.64 Å².